The van der Waals surface area contributed by atoms with E-state index in [1.165, 1.54) is 32.1 Å². The van der Waals surface area contributed by atoms with Crippen molar-refractivity contribution in [1.82, 2.24) is 5.32 Å². The van der Waals surface area contributed by atoms with Crippen LogP contribution in [-0.4, -0.2) is 39.0 Å². The summed E-state index contributed by atoms with van der Waals surface area (Å²) in [7, 11) is 1.77. The van der Waals surface area contributed by atoms with Crippen molar-refractivity contribution in [2.24, 2.45) is 0 Å². The predicted octanol–water partition coefficient (Wildman–Crippen LogP) is 2.35. The molecule has 1 N–H and O–H groups in total. The molecule has 1 aliphatic heterocycles. The van der Waals surface area contributed by atoms with E-state index in [4.69, 9.17) is 9.47 Å². The Bertz CT molecular complexity index is 158. The van der Waals surface area contributed by atoms with Crippen molar-refractivity contribution < 1.29 is 9.47 Å². The summed E-state index contributed by atoms with van der Waals surface area (Å²) in [6.45, 7) is 5.08. The Morgan fingerprint density at radius 1 is 1.44 bits per heavy atom. The molecule has 0 amide bonds. The lowest BCUT2D eigenvalue weighted by Crippen LogP contribution is -2.30. The molecule has 0 bridgehead atoms. The first-order valence-corrected chi connectivity index (χ1v) is 6.70. The molecule has 2 unspecified atom stereocenters. The smallest absolute Gasteiger partial charge is 0.0576 e. The zero-order valence-corrected chi connectivity index (χ0v) is 10.8. The number of rotatable bonds is 9. The van der Waals surface area contributed by atoms with Gasteiger partial charge in [0.2, 0.25) is 0 Å². The Morgan fingerprint density at radius 2 is 2.31 bits per heavy atom. The first-order chi connectivity index (χ1) is 7.86. The molecule has 0 aliphatic carbocycles. The van der Waals surface area contributed by atoms with Gasteiger partial charge >= 0.3 is 0 Å². The van der Waals surface area contributed by atoms with Crippen molar-refractivity contribution in [3.8, 4) is 0 Å². The fourth-order valence-electron chi connectivity index (χ4n) is 2.37. The van der Waals surface area contributed by atoms with Crippen LogP contribution in [0.2, 0.25) is 0 Å². The quantitative estimate of drug-likeness (QED) is 0.616. The molecule has 0 radical (unpaired) electrons. The van der Waals surface area contributed by atoms with Gasteiger partial charge in [0.05, 0.1) is 6.10 Å². The van der Waals surface area contributed by atoms with E-state index in [0.717, 1.165) is 26.2 Å². The van der Waals surface area contributed by atoms with E-state index in [-0.39, 0.29) is 0 Å². The maximum atomic E-state index is 5.65. The van der Waals surface area contributed by atoms with Crippen molar-refractivity contribution in [1.29, 1.82) is 0 Å². The summed E-state index contributed by atoms with van der Waals surface area (Å²) in [6, 6.07) is 0.643. The summed E-state index contributed by atoms with van der Waals surface area (Å²) in [5, 5.41) is 3.55. The minimum Gasteiger partial charge on any atom is -0.385 e. The second kappa shape index (κ2) is 8.97. The number of ether oxygens (including phenoxy) is 2. The minimum atomic E-state index is 0.531. The minimum absolute atomic E-state index is 0.531. The molecule has 3 nitrogen and oxygen atoms in total. The molecule has 0 aromatic heterocycles. The fraction of sp³-hybridized carbons (Fsp3) is 1.00. The van der Waals surface area contributed by atoms with Crippen LogP contribution in [0.1, 0.15) is 45.4 Å². The van der Waals surface area contributed by atoms with Crippen LogP contribution in [0.15, 0.2) is 0 Å². The lowest BCUT2D eigenvalue weighted by molar-refractivity contribution is 0.0987. The SMILES string of the molecule is CCNC(CCCOC)CCC1CCCO1. The molecule has 1 rings (SSSR count). The van der Waals surface area contributed by atoms with Gasteiger partial charge in [0.15, 0.2) is 0 Å². The second-order valence-electron chi connectivity index (χ2n) is 4.60. The van der Waals surface area contributed by atoms with Gasteiger partial charge in [0.1, 0.15) is 0 Å². The first-order valence-electron chi connectivity index (χ1n) is 6.70. The molecule has 0 aromatic rings. The molecule has 3 heteroatoms. The molecule has 96 valence electrons. The van der Waals surface area contributed by atoms with Gasteiger partial charge in [-0.05, 0) is 45.1 Å². The van der Waals surface area contributed by atoms with Crippen molar-refractivity contribution >= 4 is 0 Å². The van der Waals surface area contributed by atoms with Gasteiger partial charge in [0, 0.05) is 26.4 Å². The average molecular weight is 229 g/mol. The van der Waals surface area contributed by atoms with Crippen LogP contribution in [0.4, 0.5) is 0 Å². The van der Waals surface area contributed by atoms with Crippen molar-refractivity contribution in [2.45, 2.75) is 57.6 Å². The van der Waals surface area contributed by atoms with E-state index in [2.05, 4.69) is 12.2 Å². The molecule has 0 spiro atoms. The number of hydrogen-bond acceptors (Lipinski definition) is 3. The summed E-state index contributed by atoms with van der Waals surface area (Å²) in [6.07, 6.45) is 7.86. The van der Waals surface area contributed by atoms with E-state index in [0.29, 0.717) is 12.1 Å². The number of methoxy groups -OCH3 is 1. The maximum Gasteiger partial charge on any atom is 0.0576 e. The molecular weight excluding hydrogens is 202 g/mol. The molecular formula is C13H27NO2. The van der Waals surface area contributed by atoms with Crippen molar-refractivity contribution in [3.05, 3.63) is 0 Å². The third-order valence-corrected chi connectivity index (χ3v) is 3.25. The lowest BCUT2D eigenvalue weighted by Gasteiger charge is -2.19. The van der Waals surface area contributed by atoms with Crippen molar-refractivity contribution in [3.63, 3.8) is 0 Å². The van der Waals surface area contributed by atoms with Crippen LogP contribution in [0.3, 0.4) is 0 Å². The lowest BCUT2D eigenvalue weighted by atomic mass is 10.0. The van der Waals surface area contributed by atoms with E-state index in [9.17, 15) is 0 Å². The molecule has 2 atom stereocenters. The first kappa shape index (κ1) is 13.9. The van der Waals surface area contributed by atoms with Gasteiger partial charge < -0.3 is 14.8 Å². The van der Waals surface area contributed by atoms with E-state index in [1.54, 1.807) is 7.11 Å². The number of nitrogens with one attached hydrogen (secondary N) is 1. The summed E-state index contributed by atoms with van der Waals surface area (Å²) < 4.78 is 10.8. The highest BCUT2D eigenvalue weighted by atomic mass is 16.5. The van der Waals surface area contributed by atoms with Crippen LogP contribution in [-0.2, 0) is 9.47 Å². The highest BCUT2D eigenvalue weighted by Gasteiger charge is 2.17. The zero-order chi connectivity index (χ0) is 11.6. The fourth-order valence-corrected chi connectivity index (χ4v) is 2.37. The Kier molecular flexibility index (Phi) is 7.81. The molecule has 1 heterocycles. The van der Waals surface area contributed by atoms with E-state index >= 15 is 0 Å². The monoisotopic (exact) mass is 229 g/mol. The predicted molar refractivity (Wildman–Crippen MR) is 66.8 cm³/mol. The van der Waals surface area contributed by atoms with Gasteiger partial charge in [-0.25, -0.2) is 0 Å². The van der Waals surface area contributed by atoms with Gasteiger partial charge in [0.25, 0.3) is 0 Å². The average Bonchev–Trinajstić information content (AvgIpc) is 2.79. The van der Waals surface area contributed by atoms with Gasteiger partial charge in [-0.2, -0.15) is 0 Å². The maximum absolute atomic E-state index is 5.65. The third-order valence-electron chi connectivity index (χ3n) is 3.25. The van der Waals surface area contributed by atoms with Crippen LogP contribution in [0.5, 0.6) is 0 Å². The summed E-state index contributed by atoms with van der Waals surface area (Å²) >= 11 is 0. The Balaban J connectivity index is 2.10. The largest absolute Gasteiger partial charge is 0.385 e. The highest BCUT2D eigenvalue weighted by Crippen LogP contribution is 2.18. The Labute approximate surface area is 99.9 Å². The molecule has 1 fully saturated rings. The molecule has 0 saturated carbocycles. The van der Waals surface area contributed by atoms with Crippen LogP contribution < -0.4 is 5.32 Å². The third kappa shape index (κ3) is 5.83. The van der Waals surface area contributed by atoms with Gasteiger partial charge in [-0.3, -0.25) is 0 Å². The van der Waals surface area contributed by atoms with E-state index < -0.39 is 0 Å². The van der Waals surface area contributed by atoms with Gasteiger partial charge in [-0.1, -0.05) is 6.92 Å². The standard InChI is InChI=1S/C13H27NO2/c1-3-14-12(6-4-10-15-2)8-9-13-7-5-11-16-13/h12-14H,3-11H2,1-2H3. The normalized spacial score (nSPS) is 22.5. The molecule has 0 aromatic carbocycles. The Morgan fingerprint density at radius 3 is 2.94 bits per heavy atom. The highest BCUT2D eigenvalue weighted by molar-refractivity contribution is 4.71. The second-order valence-corrected chi connectivity index (χ2v) is 4.60. The summed E-state index contributed by atoms with van der Waals surface area (Å²) in [4.78, 5) is 0. The topological polar surface area (TPSA) is 30.5 Å². The van der Waals surface area contributed by atoms with E-state index in [1.807, 2.05) is 0 Å². The van der Waals surface area contributed by atoms with Crippen molar-refractivity contribution in [2.75, 3.05) is 26.9 Å². The van der Waals surface area contributed by atoms with Gasteiger partial charge in [-0.15, -0.1) is 0 Å². The van der Waals surface area contributed by atoms with Crippen LogP contribution in [0, 0.1) is 0 Å². The van der Waals surface area contributed by atoms with Crippen LogP contribution >= 0.6 is 0 Å². The number of hydrogen-bond donors (Lipinski definition) is 1. The molecule has 16 heavy (non-hydrogen) atoms. The molecule has 1 saturated heterocycles. The van der Waals surface area contributed by atoms with Crippen LogP contribution in [0.25, 0.3) is 0 Å². The summed E-state index contributed by atoms with van der Waals surface area (Å²) in [5.41, 5.74) is 0. The summed E-state index contributed by atoms with van der Waals surface area (Å²) in [5.74, 6) is 0. The Hall–Kier alpha value is -0.120. The molecule has 1 aliphatic rings. The zero-order valence-electron chi connectivity index (χ0n) is 10.8.